The van der Waals surface area contributed by atoms with Crippen LogP contribution in [0.1, 0.15) is 49.1 Å². The van der Waals surface area contributed by atoms with Crippen LogP contribution in [0.5, 0.6) is 0 Å². The second-order valence-corrected chi connectivity index (χ2v) is 8.13. The zero-order valence-electron chi connectivity index (χ0n) is 17.6. The molecule has 2 N–H and O–H groups in total. The fraction of sp³-hybridized carbons (Fsp3) is 0.500. The Balaban J connectivity index is 1.73. The molecule has 30 heavy (non-hydrogen) atoms. The van der Waals surface area contributed by atoms with Crippen LogP contribution in [0.25, 0.3) is 11.2 Å². The Morgan fingerprint density at radius 1 is 1.07 bits per heavy atom. The lowest BCUT2D eigenvalue weighted by atomic mass is 9.84. The molecule has 2 aromatic heterocycles. The van der Waals surface area contributed by atoms with Crippen LogP contribution >= 0.6 is 0 Å². The Hall–Kier alpha value is -2.87. The molecule has 1 aliphatic carbocycles. The molecule has 0 bridgehead atoms. The van der Waals surface area contributed by atoms with Crippen molar-refractivity contribution in [2.75, 3.05) is 18.5 Å². The SMILES string of the molecule is Cn1c(=O)c2c(nc(NCCO)n2Cc2ccc(C3CCCCC3)cc2)n(C)c1=O. The van der Waals surface area contributed by atoms with Crippen molar-refractivity contribution in [2.45, 2.75) is 44.6 Å². The predicted octanol–water partition coefficient (Wildman–Crippen LogP) is 1.93. The molecule has 0 radical (unpaired) electrons. The number of imidazole rings is 1. The van der Waals surface area contributed by atoms with Crippen LogP contribution in [0, 0.1) is 0 Å². The number of hydrogen-bond donors (Lipinski definition) is 2. The lowest BCUT2D eigenvalue weighted by Crippen LogP contribution is -2.37. The van der Waals surface area contributed by atoms with E-state index in [9.17, 15) is 14.7 Å². The molecule has 0 aliphatic heterocycles. The van der Waals surface area contributed by atoms with Crippen molar-refractivity contribution in [3.63, 3.8) is 0 Å². The summed E-state index contributed by atoms with van der Waals surface area (Å²) in [6.07, 6.45) is 6.45. The maximum absolute atomic E-state index is 12.9. The average Bonchev–Trinajstić information content (AvgIpc) is 3.14. The summed E-state index contributed by atoms with van der Waals surface area (Å²) in [5.74, 6) is 1.11. The number of aryl methyl sites for hydroxylation is 1. The summed E-state index contributed by atoms with van der Waals surface area (Å²) in [5.41, 5.74) is 2.35. The van der Waals surface area contributed by atoms with Gasteiger partial charge in [-0.15, -0.1) is 0 Å². The summed E-state index contributed by atoms with van der Waals surface area (Å²) in [5, 5.41) is 12.3. The molecule has 4 rings (SSSR count). The van der Waals surface area contributed by atoms with E-state index < -0.39 is 5.69 Å². The number of fused-ring (bicyclic) bond motifs is 1. The number of nitrogens with one attached hydrogen (secondary N) is 1. The standard InChI is InChI=1S/C22H29N5O3/c1-25-19-18(20(29)26(2)22(25)30)27(21(24-19)23-12-13-28)14-15-8-10-17(11-9-15)16-6-4-3-5-7-16/h8-11,16,28H,3-7,12-14H2,1-2H3,(H,23,24). The molecule has 1 fully saturated rings. The van der Waals surface area contributed by atoms with Gasteiger partial charge in [0, 0.05) is 20.6 Å². The van der Waals surface area contributed by atoms with Crippen LogP contribution in [0.2, 0.25) is 0 Å². The van der Waals surface area contributed by atoms with E-state index in [0.717, 1.165) is 10.1 Å². The predicted molar refractivity (Wildman–Crippen MR) is 117 cm³/mol. The minimum Gasteiger partial charge on any atom is -0.395 e. The summed E-state index contributed by atoms with van der Waals surface area (Å²) >= 11 is 0. The Labute approximate surface area is 174 Å². The van der Waals surface area contributed by atoms with Gasteiger partial charge in [-0.3, -0.25) is 18.5 Å². The van der Waals surface area contributed by atoms with E-state index >= 15 is 0 Å². The van der Waals surface area contributed by atoms with Crippen molar-refractivity contribution in [1.29, 1.82) is 0 Å². The van der Waals surface area contributed by atoms with Crippen molar-refractivity contribution < 1.29 is 5.11 Å². The molecule has 2 heterocycles. The number of hydrogen-bond acceptors (Lipinski definition) is 5. The number of anilines is 1. The Morgan fingerprint density at radius 3 is 2.43 bits per heavy atom. The lowest BCUT2D eigenvalue weighted by molar-refractivity contribution is 0.310. The molecule has 1 aromatic carbocycles. The Kier molecular flexibility index (Phi) is 5.76. The van der Waals surface area contributed by atoms with Crippen molar-refractivity contribution in [2.24, 2.45) is 14.1 Å². The zero-order valence-corrected chi connectivity index (χ0v) is 17.6. The largest absolute Gasteiger partial charge is 0.395 e. The quantitative estimate of drug-likeness (QED) is 0.646. The van der Waals surface area contributed by atoms with E-state index in [4.69, 9.17) is 0 Å². The van der Waals surface area contributed by atoms with Crippen molar-refractivity contribution >= 4 is 17.1 Å². The van der Waals surface area contributed by atoms with E-state index in [1.165, 1.54) is 49.3 Å². The topological polar surface area (TPSA) is 94.1 Å². The smallest absolute Gasteiger partial charge is 0.332 e. The maximum atomic E-state index is 12.9. The molecule has 0 atom stereocenters. The molecule has 0 saturated heterocycles. The van der Waals surface area contributed by atoms with Gasteiger partial charge < -0.3 is 10.4 Å². The normalized spacial score (nSPS) is 15.0. The fourth-order valence-electron chi connectivity index (χ4n) is 4.42. The fourth-order valence-corrected chi connectivity index (χ4v) is 4.42. The molecule has 1 saturated carbocycles. The number of aliphatic hydroxyl groups excluding tert-OH is 1. The Bertz CT molecular complexity index is 1150. The highest BCUT2D eigenvalue weighted by molar-refractivity contribution is 5.74. The first kappa shape index (κ1) is 20.4. The minimum atomic E-state index is -0.414. The van der Waals surface area contributed by atoms with Gasteiger partial charge in [0.15, 0.2) is 11.2 Å². The molecule has 8 nitrogen and oxygen atoms in total. The molecular weight excluding hydrogens is 382 g/mol. The van der Waals surface area contributed by atoms with E-state index in [1.54, 1.807) is 11.6 Å². The minimum absolute atomic E-state index is 0.0593. The van der Waals surface area contributed by atoms with Crippen LogP contribution in [-0.2, 0) is 20.6 Å². The summed E-state index contributed by atoms with van der Waals surface area (Å²) < 4.78 is 4.27. The molecule has 0 unspecified atom stereocenters. The van der Waals surface area contributed by atoms with Crippen LogP contribution in [-0.4, -0.2) is 36.9 Å². The van der Waals surface area contributed by atoms with E-state index in [-0.39, 0.29) is 12.2 Å². The Morgan fingerprint density at radius 2 is 1.77 bits per heavy atom. The lowest BCUT2D eigenvalue weighted by Gasteiger charge is -2.22. The number of nitrogens with zero attached hydrogens (tertiary/aromatic N) is 4. The van der Waals surface area contributed by atoms with Gasteiger partial charge in [0.1, 0.15) is 0 Å². The molecule has 8 heteroatoms. The van der Waals surface area contributed by atoms with Crippen LogP contribution < -0.4 is 16.6 Å². The molecule has 3 aromatic rings. The third-order valence-electron chi connectivity index (χ3n) is 6.14. The van der Waals surface area contributed by atoms with Gasteiger partial charge in [0.25, 0.3) is 5.56 Å². The highest BCUT2D eigenvalue weighted by Crippen LogP contribution is 2.32. The van der Waals surface area contributed by atoms with E-state index in [2.05, 4.69) is 34.6 Å². The van der Waals surface area contributed by atoms with Crippen LogP contribution in [0.3, 0.4) is 0 Å². The van der Waals surface area contributed by atoms with Gasteiger partial charge in [0.2, 0.25) is 5.95 Å². The first-order chi connectivity index (χ1) is 14.5. The summed E-state index contributed by atoms with van der Waals surface area (Å²) in [7, 11) is 3.08. The van der Waals surface area contributed by atoms with Crippen LogP contribution in [0.4, 0.5) is 5.95 Å². The number of rotatable bonds is 6. The second kappa shape index (κ2) is 8.47. The molecule has 160 valence electrons. The number of aromatic nitrogens is 4. The summed E-state index contributed by atoms with van der Waals surface area (Å²) in [6.45, 7) is 0.692. The van der Waals surface area contributed by atoms with E-state index in [1.807, 2.05) is 0 Å². The van der Waals surface area contributed by atoms with Gasteiger partial charge in [-0.05, 0) is 29.9 Å². The van der Waals surface area contributed by atoms with Crippen molar-refractivity contribution in [3.05, 3.63) is 56.2 Å². The first-order valence-corrected chi connectivity index (χ1v) is 10.6. The third-order valence-corrected chi connectivity index (χ3v) is 6.14. The van der Waals surface area contributed by atoms with Gasteiger partial charge in [0.05, 0.1) is 13.2 Å². The van der Waals surface area contributed by atoms with E-state index in [0.29, 0.717) is 36.1 Å². The summed E-state index contributed by atoms with van der Waals surface area (Å²) in [4.78, 5) is 29.7. The van der Waals surface area contributed by atoms with Gasteiger partial charge in [-0.25, -0.2) is 4.79 Å². The molecule has 1 aliphatic rings. The summed E-state index contributed by atoms with van der Waals surface area (Å²) in [6, 6.07) is 8.61. The average molecular weight is 412 g/mol. The maximum Gasteiger partial charge on any atom is 0.332 e. The third kappa shape index (κ3) is 3.67. The van der Waals surface area contributed by atoms with Gasteiger partial charge >= 0.3 is 5.69 Å². The monoisotopic (exact) mass is 411 g/mol. The van der Waals surface area contributed by atoms with Crippen molar-refractivity contribution in [1.82, 2.24) is 18.7 Å². The highest BCUT2D eigenvalue weighted by Gasteiger charge is 2.20. The second-order valence-electron chi connectivity index (χ2n) is 8.13. The number of aliphatic hydroxyl groups is 1. The first-order valence-electron chi connectivity index (χ1n) is 10.6. The zero-order chi connectivity index (χ0) is 21.3. The molecule has 0 amide bonds. The van der Waals surface area contributed by atoms with Gasteiger partial charge in [-0.1, -0.05) is 43.5 Å². The van der Waals surface area contributed by atoms with Gasteiger partial charge in [-0.2, -0.15) is 4.98 Å². The molecule has 0 spiro atoms. The van der Waals surface area contributed by atoms with Crippen LogP contribution in [0.15, 0.2) is 33.9 Å². The van der Waals surface area contributed by atoms with Crippen molar-refractivity contribution in [3.8, 4) is 0 Å². The molecular formula is C22H29N5O3. The number of benzene rings is 1. The highest BCUT2D eigenvalue weighted by atomic mass is 16.3.